The molecule has 0 aliphatic rings. The van der Waals surface area contributed by atoms with Crippen molar-refractivity contribution < 1.29 is 0 Å². The molecule has 0 unspecified atom stereocenters. The number of benzene rings is 1. The van der Waals surface area contributed by atoms with E-state index in [-0.39, 0.29) is 0 Å². The van der Waals surface area contributed by atoms with Crippen molar-refractivity contribution in [2.45, 2.75) is 6.92 Å². The monoisotopic (exact) mass is 247 g/mol. The number of pyridine rings is 1. The predicted octanol–water partition coefficient (Wildman–Crippen LogP) is 2.75. The van der Waals surface area contributed by atoms with Gasteiger partial charge in [0.1, 0.15) is 0 Å². The minimum absolute atomic E-state index is 0.416. The first-order chi connectivity index (χ1) is 6.84. The van der Waals surface area contributed by atoms with Crippen molar-refractivity contribution in [2.24, 2.45) is 0 Å². The Morgan fingerprint density at radius 3 is 2.93 bits per heavy atom. The van der Waals surface area contributed by atoms with E-state index in [0.29, 0.717) is 14.5 Å². The minimum atomic E-state index is 0.416. The zero-order valence-corrected chi connectivity index (χ0v) is 9.53. The second-order valence-corrected chi connectivity index (χ2v) is 5.63. The van der Waals surface area contributed by atoms with Gasteiger partial charge in [-0.05, 0) is 0 Å². The van der Waals surface area contributed by atoms with Gasteiger partial charge >= 0.3 is 87.9 Å². The zero-order valence-electron chi connectivity index (χ0n) is 7.82. The summed E-state index contributed by atoms with van der Waals surface area (Å²) in [7, 11) is 0. The molecule has 3 rings (SSSR count). The van der Waals surface area contributed by atoms with Crippen molar-refractivity contribution in [3.8, 4) is 0 Å². The molecule has 2 heterocycles. The average Bonchev–Trinajstić information content (AvgIpc) is 2.56. The van der Waals surface area contributed by atoms with Gasteiger partial charge in [0.15, 0.2) is 0 Å². The van der Waals surface area contributed by atoms with Gasteiger partial charge in [0, 0.05) is 0 Å². The molecular weight excluding hydrogens is 237 g/mol. The fourth-order valence-corrected chi connectivity index (χ4v) is 3.87. The first-order valence-corrected chi connectivity index (χ1v) is 6.30. The van der Waals surface area contributed by atoms with E-state index in [1.807, 2.05) is 6.20 Å². The SMILES string of the molecule is Cc1cnc2[se]c3ccccc3c2c1. The van der Waals surface area contributed by atoms with Crippen molar-refractivity contribution >= 4 is 33.9 Å². The topological polar surface area (TPSA) is 12.9 Å². The van der Waals surface area contributed by atoms with E-state index in [1.165, 1.54) is 25.0 Å². The molecule has 0 fully saturated rings. The number of aromatic nitrogens is 1. The Labute approximate surface area is 88.1 Å². The van der Waals surface area contributed by atoms with Crippen molar-refractivity contribution in [3.63, 3.8) is 0 Å². The van der Waals surface area contributed by atoms with E-state index in [1.54, 1.807) is 0 Å². The Bertz CT molecular complexity index is 610. The van der Waals surface area contributed by atoms with Crippen LogP contribution < -0.4 is 0 Å². The third-order valence-corrected chi connectivity index (χ3v) is 4.67. The van der Waals surface area contributed by atoms with E-state index < -0.39 is 0 Å². The second-order valence-electron chi connectivity index (χ2n) is 3.46. The van der Waals surface area contributed by atoms with E-state index in [4.69, 9.17) is 0 Å². The molecule has 0 N–H and O–H groups in total. The molecule has 0 radical (unpaired) electrons. The summed E-state index contributed by atoms with van der Waals surface area (Å²) in [6, 6.07) is 10.9. The Hall–Kier alpha value is -1.11. The van der Waals surface area contributed by atoms with Gasteiger partial charge in [-0.1, -0.05) is 0 Å². The zero-order chi connectivity index (χ0) is 9.54. The molecule has 1 nitrogen and oxygen atoms in total. The van der Waals surface area contributed by atoms with Crippen LogP contribution >= 0.6 is 0 Å². The van der Waals surface area contributed by atoms with Crippen LogP contribution in [0.15, 0.2) is 36.5 Å². The summed E-state index contributed by atoms with van der Waals surface area (Å²) in [6.07, 6.45) is 1.96. The molecule has 0 aliphatic carbocycles. The van der Waals surface area contributed by atoms with Crippen molar-refractivity contribution in [2.75, 3.05) is 0 Å². The Kier molecular flexibility index (Phi) is 1.73. The maximum absolute atomic E-state index is 4.50. The van der Waals surface area contributed by atoms with Crippen LogP contribution in [0, 0.1) is 6.92 Å². The molecule has 0 saturated heterocycles. The van der Waals surface area contributed by atoms with Crippen LogP contribution in [0.25, 0.3) is 19.4 Å². The molecule has 1 aromatic carbocycles. The van der Waals surface area contributed by atoms with Crippen LogP contribution in [0.2, 0.25) is 0 Å². The molecule has 2 aromatic heterocycles. The van der Waals surface area contributed by atoms with E-state index in [2.05, 4.69) is 42.2 Å². The molecule has 0 amide bonds. The molecule has 0 aliphatic heterocycles. The number of nitrogens with zero attached hydrogens (tertiary/aromatic N) is 1. The van der Waals surface area contributed by atoms with Crippen LogP contribution in [0.5, 0.6) is 0 Å². The Morgan fingerprint density at radius 1 is 1.14 bits per heavy atom. The summed E-state index contributed by atoms with van der Waals surface area (Å²) >= 11 is 0.416. The molecule has 14 heavy (non-hydrogen) atoms. The van der Waals surface area contributed by atoms with Crippen LogP contribution in [0.4, 0.5) is 0 Å². The number of aryl methyl sites for hydroxylation is 1. The van der Waals surface area contributed by atoms with Gasteiger partial charge in [0.05, 0.1) is 0 Å². The molecule has 0 saturated carbocycles. The molecule has 2 heteroatoms. The molecule has 3 aromatic rings. The number of hydrogen-bond acceptors (Lipinski definition) is 1. The van der Waals surface area contributed by atoms with Crippen LogP contribution in [0.1, 0.15) is 5.56 Å². The van der Waals surface area contributed by atoms with Gasteiger partial charge in [-0.2, -0.15) is 0 Å². The van der Waals surface area contributed by atoms with Gasteiger partial charge in [-0.3, -0.25) is 0 Å². The van der Waals surface area contributed by atoms with Crippen LogP contribution in [-0.4, -0.2) is 19.5 Å². The fourth-order valence-electron chi connectivity index (χ4n) is 1.71. The number of rotatable bonds is 0. The van der Waals surface area contributed by atoms with Gasteiger partial charge in [0.25, 0.3) is 0 Å². The maximum atomic E-state index is 4.50. The van der Waals surface area contributed by atoms with E-state index >= 15 is 0 Å². The summed E-state index contributed by atoms with van der Waals surface area (Å²) in [5, 5.41) is 2.74. The normalized spacial score (nSPS) is 11.2. The first-order valence-electron chi connectivity index (χ1n) is 4.58. The van der Waals surface area contributed by atoms with Crippen LogP contribution in [0.3, 0.4) is 0 Å². The summed E-state index contributed by atoms with van der Waals surface area (Å²) in [5.74, 6) is 0. The summed E-state index contributed by atoms with van der Waals surface area (Å²) < 4.78 is 2.75. The van der Waals surface area contributed by atoms with Crippen molar-refractivity contribution in [1.82, 2.24) is 4.98 Å². The molecule has 0 bridgehead atoms. The summed E-state index contributed by atoms with van der Waals surface area (Å²) in [6.45, 7) is 2.10. The van der Waals surface area contributed by atoms with Gasteiger partial charge < -0.3 is 0 Å². The quantitative estimate of drug-likeness (QED) is 0.556. The van der Waals surface area contributed by atoms with Crippen molar-refractivity contribution in [3.05, 3.63) is 42.1 Å². The molecular formula is C12H9NSe. The molecule has 0 spiro atoms. The van der Waals surface area contributed by atoms with Crippen molar-refractivity contribution in [1.29, 1.82) is 0 Å². The van der Waals surface area contributed by atoms with Crippen LogP contribution in [-0.2, 0) is 0 Å². The standard InChI is InChI=1S/C12H9NSe/c1-8-6-10-9-4-2-3-5-11(9)14-12(10)13-7-8/h2-7H,1H3. The summed E-state index contributed by atoms with van der Waals surface area (Å²) in [5.41, 5.74) is 1.25. The van der Waals surface area contributed by atoms with Gasteiger partial charge in [0.2, 0.25) is 0 Å². The molecule has 0 atom stereocenters. The van der Waals surface area contributed by atoms with E-state index in [0.717, 1.165) is 0 Å². The van der Waals surface area contributed by atoms with Gasteiger partial charge in [-0.25, -0.2) is 0 Å². The third kappa shape index (κ3) is 1.12. The fraction of sp³-hybridized carbons (Fsp3) is 0.0833. The third-order valence-electron chi connectivity index (χ3n) is 2.37. The summed E-state index contributed by atoms with van der Waals surface area (Å²) in [4.78, 5) is 4.50. The Morgan fingerprint density at radius 2 is 2.00 bits per heavy atom. The second kappa shape index (κ2) is 2.94. The predicted molar refractivity (Wildman–Crippen MR) is 60.9 cm³/mol. The number of hydrogen-bond donors (Lipinski definition) is 0. The number of fused-ring (bicyclic) bond motifs is 3. The Balaban J connectivity index is 2.58. The van der Waals surface area contributed by atoms with E-state index in [9.17, 15) is 0 Å². The average molecular weight is 246 g/mol. The molecule has 68 valence electrons. The van der Waals surface area contributed by atoms with Gasteiger partial charge in [-0.15, -0.1) is 0 Å². The first kappa shape index (κ1) is 8.22.